The molecule has 2 atom stereocenters. The lowest BCUT2D eigenvalue weighted by atomic mass is 9.91. The summed E-state index contributed by atoms with van der Waals surface area (Å²) in [4.78, 5) is 0. The van der Waals surface area contributed by atoms with E-state index in [1.165, 1.54) is 12.8 Å². The van der Waals surface area contributed by atoms with Crippen LogP contribution < -0.4 is 21.0 Å². The standard InChI is InChI=1S/C22H31N2OP/c1-18(2)17-23-21-15-9-10-16-22(21)24-26(25,19-11-5-3-6-12-19)20-13-7-4-8-14-20/h3-8,11-14,18,21-23H,9-10,15-17H2,1-2H3,(H,24,25)/t21-,22-/m1/s1. The molecule has 0 unspecified atom stereocenters. The first-order valence-corrected chi connectivity index (χ1v) is 11.5. The van der Waals surface area contributed by atoms with Crippen molar-refractivity contribution in [3.05, 3.63) is 60.7 Å². The molecule has 1 aliphatic rings. The van der Waals surface area contributed by atoms with Crippen LogP contribution in [0.1, 0.15) is 39.5 Å². The Kier molecular flexibility index (Phi) is 6.69. The third-order valence-corrected chi connectivity index (χ3v) is 7.89. The Bertz CT molecular complexity index is 674. The molecule has 140 valence electrons. The maximum Gasteiger partial charge on any atom is 0.204 e. The Morgan fingerprint density at radius 3 is 1.88 bits per heavy atom. The van der Waals surface area contributed by atoms with Crippen LogP contribution in [0.2, 0.25) is 0 Å². The molecule has 0 aliphatic heterocycles. The largest absolute Gasteiger partial charge is 0.312 e. The topological polar surface area (TPSA) is 41.1 Å². The summed E-state index contributed by atoms with van der Waals surface area (Å²) in [7, 11) is -2.87. The molecule has 1 saturated carbocycles. The molecule has 26 heavy (non-hydrogen) atoms. The molecular formula is C22H31N2OP. The van der Waals surface area contributed by atoms with E-state index in [9.17, 15) is 4.57 Å². The second kappa shape index (κ2) is 8.99. The first-order chi connectivity index (χ1) is 12.6. The van der Waals surface area contributed by atoms with Crippen molar-refractivity contribution >= 4 is 17.9 Å². The minimum atomic E-state index is -2.87. The van der Waals surface area contributed by atoms with Gasteiger partial charge in [-0.05, 0) is 49.6 Å². The molecule has 1 aliphatic carbocycles. The van der Waals surface area contributed by atoms with E-state index in [2.05, 4.69) is 24.3 Å². The van der Waals surface area contributed by atoms with Gasteiger partial charge in [0, 0.05) is 22.7 Å². The lowest BCUT2D eigenvalue weighted by Crippen LogP contribution is -2.51. The summed E-state index contributed by atoms with van der Waals surface area (Å²) in [5.41, 5.74) is 0. The predicted molar refractivity (Wildman–Crippen MR) is 112 cm³/mol. The molecule has 3 rings (SSSR count). The summed E-state index contributed by atoms with van der Waals surface area (Å²) in [6, 6.07) is 20.4. The van der Waals surface area contributed by atoms with Crippen molar-refractivity contribution in [2.75, 3.05) is 6.54 Å². The van der Waals surface area contributed by atoms with Crippen molar-refractivity contribution in [1.29, 1.82) is 0 Å². The maximum atomic E-state index is 14.2. The highest BCUT2D eigenvalue weighted by Crippen LogP contribution is 2.41. The van der Waals surface area contributed by atoms with E-state index in [1.807, 2.05) is 60.7 Å². The van der Waals surface area contributed by atoms with Crippen LogP contribution in [-0.4, -0.2) is 18.6 Å². The summed E-state index contributed by atoms with van der Waals surface area (Å²) < 4.78 is 14.2. The van der Waals surface area contributed by atoms with Gasteiger partial charge in [-0.1, -0.05) is 63.1 Å². The lowest BCUT2D eigenvalue weighted by molar-refractivity contribution is 0.302. The molecule has 0 heterocycles. The van der Waals surface area contributed by atoms with Crippen molar-refractivity contribution in [2.24, 2.45) is 5.92 Å². The summed E-state index contributed by atoms with van der Waals surface area (Å²) in [6.07, 6.45) is 4.66. The van der Waals surface area contributed by atoms with Crippen LogP contribution in [0, 0.1) is 5.92 Å². The highest BCUT2D eigenvalue weighted by molar-refractivity contribution is 7.76. The zero-order valence-corrected chi connectivity index (χ0v) is 16.8. The van der Waals surface area contributed by atoms with Gasteiger partial charge in [-0.3, -0.25) is 9.65 Å². The quantitative estimate of drug-likeness (QED) is 0.722. The average Bonchev–Trinajstić information content (AvgIpc) is 2.68. The third kappa shape index (κ3) is 4.65. The van der Waals surface area contributed by atoms with E-state index in [1.54, 1.807) is 0 Å². The molecule has 1 fully saturated rings. The van der Waals surface area contributed by atoms with Crippen molar-refractivity contribution in [2.45, 2.75) is 51.6 Å². The average molecular weight is 370 g/mol. The van der Waals surface area contributed by atoms with Crippen LogP contribution in [0.3, 0.4) is 0 Å². The molecular weight excluding hydrogens is 339 g/mol. The highest BCUT2D eigenvalue weighted by atomic mass is 31.2. The molecule has 3 nitrogen and oxygen atoms in total. The Labute approximate surface area is 158 Å². The van der Waals surface area contributed by atoms with Crippen LogP contribution in [0.5, 0.6) is 0 Å². The van der Waals surface area contributed by atoms with Crippen LogP contribution in [0.25, 0.3) is 0 Å². The number of benzene rings is 2. The van der Waals surface area contributed by atoms with E-state index in [-0.39, 0.29) is 6.04 Å². The van der Waals surface area contributed by atoms with E-state index < -0.39 is 7.29 Å². The van der Waals surface area contributed by atoms with Crippen LogP contribution in [-0.2, 0) is 4.57 Å². The summed E-state index contributed by atoms with van der Waals surface area (Å²) in [5.74, 6) is 0.618. The van der Waals surface area contributed by atoms with Gasteiger partial charge in [0.1, 0.15) is 0 Å². The fourth-order valence-corrected chi connectivity index (χ4v) is 6.28. The van der Waals surface area contributed by atoms with E-state index in [0.29, 0.717) is 12.0 Å². The van der Waals surface area contributed by atoms with Gasteiger partial charge in [0.05, 0.1) is 0 Å². The van der Waals surface area contributed by atoms with E-state index >= 15 is 0 Å². The zero-order valence-electron chi connectivity index (χ0n) is 15.9. The van der Waals surface area contributed by atoms with Crippen molar-refractivity contribution in [1.82, 2.24) is 10.4 Å². The summed E-state index contributed by atoms with van der Waals surface area (Å²) in [6.45, 7) is 5.47. The Balaban J connectivity index is 1.89. The minimum Gasteiger partial charge on any atom is -0.312 e. The molecule has 2 N–H and O–H groups in total. The third-order valence-electron chi connectivity index (χ3n) is 5.14. The lowest BCUT2D eigenvalue weighted by Gasteiger charge is -2.36. The van der Waals surface area contributed by atoms with E-state index in [0.717, 1.165) is 30.0 Å². The first kappa shape index (κ1) is 19.4. The molecule has 0 amide bonds. The Morgan fingerprint density at radius 2 is 1.38 bits per heavy atom. The van der Waals surface area contributed by atoms with Gasteiger partial charge in [0.15, 0.2) is 0 Å². The van der Waals surface area contributed by atoms with Gasteiger partial charge in [-0.2, -0.15) is 0 Å². The van der Waals surface area contributed by atoms with Crippen LogP contribution in [0.15, 0.2) is 60.7 Å². The Morgan fingerprint density at radius 1 is 0.885 bits per heavy atom. The molecule has 0 spiro atoms. The summed E-state index contributed by atoms with van der Waals surface area (Å²) in [5, 5.41) is 9.12. The van der Waals surface area contributed by atoms with Crippen LogP contribution in [0.4, 0.5) is 0 Å². The van der Waals surface area contributed by atoms with E-state index in [4.69, 9.17) is 0 Å². The minimum absolute atomic E-state index is 0.230. The Hall–Kier alpha value is -1.41. The molecule has 0 radical (unpaired) electrons. The molecule has 0 aromatic heterocycles. The van der Waals surface area contributed by atoms with Crippen molar-refractivity contribution in [3.8, 4) is 0 Å². The molecule has 4 heteroatoms. The second-order valence-electron chi connectivity index (χ2n) is 7.71. The second-order valence-corrected chi connectivity index (χ2v) is 10.2. The summed E-state index contributed by atoms with van der Waals surface area (Å²) >= 11 is 0. The van der Waals surface area contributed by atoms with Gasteiger partial charge < -0.3 is 5.32 Å². The number of rotatable bonds is 7. The number of nitrogens with one attached hydrogen (secondary N) is 2. The van der Waals surface area contributed by atoms with Crippen molar-refractivity contribution in [3.63, 3.8) is 0 Å². The maximum absolute atomic E-state index is 14.2. The first-order valence-electron chi connectivity index (χ1n) is 9.82. The van der Waals surface area contributed by atoms with Gasteiger partial charge in [-0.25, -0.2) is 0 Å². The fraction of sp³-hybridized carbons (Fsp3) is 0.455. The number of hydrogen-bond donors (Lipinski definition) is 2. The molecule has 0 bridgehead atoms. The zero-order chi connectivity index (χ0) is 18.4. The highest BCUT2D eigenvalue weighted by Gasteiger charge is 2.34. The van der Waals surface area contributed by atoms with Gasteiger partial charge in [-0.15, -0.1) is 0 Å². The normalized spacial score (nSPS) is 21.0. The molecule has 0 saturated heterocycles. The van der Waals surface area contributed by atoms with Gasteiger partial charge >= 0.3 is 0 Å². The predicted octanol–water partition coefficient (Wildman–Crippen LogP) is 4.06. The van der Waals surface area contributed by atoms with Crippen LogP contribution >= 0.6 is 7.29 Å². The fourth-order valence-electron chi connectivity index (χ4n) is 3.72. The molecule has 2 aromatic rings. The number of hydrogen-bond acceptors (Lipinski definition) is 2. The van der Waals surface area contributed by atoms with Gasteiger partial charge in [0.2, 0.25) is 7.29 Å². The van der Waals surface area contributed by atoms with Gasteiger partial charge in [0.25, 0.3) is 0 Å². The van der Waals surface area contributed by atoms with Crippen molar-refractivity contribution < 1.29 is 4.57 Å². The SMILES string of the molecule is CC(C)CN[C@@H]1CCCC[C@H]1NP(=O)(c1ccccc1)c1ccccc1. The molecule has 2 aromatic carbocycles. The smallest absolute Gasteiger partial charge is 0.204 e. The monoisotopic (exact) mass is 370 g/mol.